The fraction of sp³-hybridized carbons (Fsp3) is 0.333. The van der Waals surface area contributed by atoms with Gasteiger partial charge in [0.1, 0.15) is 11.4 Å². The predicted octanol–water partition coefficient (Wildman–Crippen LogP) is 2.40. The summed E-state index contributed by atoms with van der Waals surface area (Å²) in [6.07, 6.45) is -0.649. The first-order chi connectivity index (χ1) is 9.70. The number of hydrogen-bond acceptors (Lipinski definition) is 3. The SMILES string of the molecule is CC(C)(C)OC(=O)NCC#Cc1c(F)cccc1C(=O)O. The molecule has 0 aliphatic carbocycles. The number of aromatic carboxylic acids is 1. The number of carboxylic acid groups (broad SMARTS) is 1. The maximum atomic E-state index is 13.5. The first-order valence-electron chi connectivity index (χ1n) is 6.18. The fourth-order valence-electron chi connectivity index (χ4n) is 1.39. The van der Waals surface area contributed by atoms with Crippen LogP contribution in [0.1, 0.15) is 36.7 Å². The van der Waals surface area contributed by atoms with E-state index in [-0.39, 0.29) is 17.7 Å². The van der Waals surface area contributed by atoms with Gasteiger partial charge in [0, 0.05) is 0 Å². The Morgan fingerprint density at radius 2 is 2.05 bits per heavy atom. The predicted molar refractivity (Wildman–Crippen MR) is 74.5 cm³/mol. The molecule has 0 saturated carbocycles. The summed E-state index contributed by atoms with van der Waals surface area (Å²) in [7, 11) is 0. The van der Waals surface area contributed by atoms with Crippen molar-refractivity contribution in [3.63, 3.8) is 0 Å². The van der Waals surface area contributed by atoms with Crippen molar-refractivity contribution in [3.8, 4) is 11.8 Å². The van der Waals surface area contributed by atoms with Crippen LogP contribution in [-0.4, -0.2) is 29.3 Å². The highest BCUT2D eigenvalue weighted by atomic mass is 19.1. The van der Waals surface area contributed by atoms with Crippen LogP contribution in [0.5, 0.6) is 0 Å². The van der Waals surface area contributed by atoms with Gasteiger partial charge < -0.3 is 15.2 Å². The summed E-state index contributed by atoms with van der Waals surface area (Å²) in [6, 6.07) is 3.68. The first-order valence-corrected chi connectivity index (χ1v) is 6.18. The molecule has 112 valence electrons. The largest absolute Gasteiger partial charge is 0.478 e. The molecular weight excluding hydrogens is 277 g/mol. The Balaban J connectivity index is 2.72. The lowest BCUT2D eigenvalue weighted by Crippen LogP contribution is -2.32. The van der Waals surface area contributed by atoms with Crippen LogP contribution in [0.25, 0.3) is 0 Å². The summed E-state index contributed by atoms with van der Waals surface area (Å²) in [5, 5.41) is 11.3. The summed E-state index contributed by atoms with van der Waals surface area (Å²) in [6.45, 7) is 5.08. The van der Waals surface area contributed by atoms with E-state index < -0.39 is 23.5 Å². The second-order valence-corrected chi connectivity index (χ2v) is 5.12. The molecule has 0 bridgehead atoms. The van der Waals surface area contributed by atoms with Gasteiger partial charge in [-0.15, -0.1) is 0 Å². The van der Waals surface area contributed by atoms with Crippen LogP contribution in [-0.2, 0) is 4.74 Å². The monoisotopic (exact) mass is 293 g/mol. The third-order valence-electron chi connectivity index (χ3n) is 2.18. The highest BCUT2D eigenvalue weighted by Crippen LogP contribution is 2.12. The van der Waals surface area contributed by atoms with Crippen molar-refractivity contribution in [1.82, 2.24) is 5.32 Å². The summed E-state index contributed by atoms with van der Waals surface area (Å²) in [4.78, 5) is 22.3. The molecule has 0 aliphatic rings. The van der Waals surface area contributed by atoms with Gasteiger partial charge >= 0.3 is 12.1 Å². The molecule has 1 aromatic carbocycles. The van der Waals surface area contributed by atoms with Gasteiger partial charge in [-0.25, -0.2) is 14.0 Å². The van der Waals surface area contributed by atoms with Crippen molar-refractivity contribution in [1.29, 1.82) is 0 Å². The number of ether oxygens (including phenoxy) is 1. The second kappa shape index (κ2) is 6.75. The molecule has 6 heteroatoms. The molecule has 0 unspecified atom stereocenters. The van der Waals surface area contributed by atoms with E-state index in [4.69, 9.17) is 9.84 Å². The number of halogens is 1. The van der Waals surface area contributed by atoms with Crippen molar-refractivity contribution in [2.24, 2.45) is 0 Å². The van der Waals surface area contributed by atoms with Crippen LogP contribution in [0, 0.1) is 17.7 Å². The van der Waals surface area contributed by atoms with Crippen molar-refractivity contribution in [3.05, 3.63) is 35.1 Å². The van der Waals surface area contributed by atoms with Gasteiger partial charge in [0.05, 0.1) is 17.7 Å². The van der Waals surface area contributed by atoms with E-state index in [9.17, 15) is 14.0 Å². The van der Waals surface area contributed by atoms with E-state index in [1.807, 2.05) is 0 Å². The molecule has 0 aromatic heterocycles. The first kappa shape index (κ1) is 16.5. The lowest BCUT2D eigenvalue weighted by atomic mass is 10.1. The van der Waals surface area contributed by atoms with E-state index in [0.29, 0.717) is 0 Å². The Hall–Kier alpha value is -2.55. The van der Waals surface area contributed by atoms with Gasteiger partial charge in [-0.05, 0) is 32.9 Å². The zero-order valence-electron chi connectivity index (χ0n) is 12.0. The van der Waals surface area contributed by atoms with Gasteiger partial charge in [0.2, 0.25) is 0 Å². The second-order valence-electron chi connectivity index (χ2n) is 5.12. The van der Waals surface area contributed by atoms with E-state index in [1.54, 1.807) is 20.8 Å². The molecule has 1 rings (SSSR count). The van der Waals surface area contributed by atoms with Crippen molar-refractivity contribution in [2.75, 3.05) is 6.54 Å². The molecule has 0 heterocycles. The van der Waals surface area contributed by atoms with Crippen molar-refractivity contribution < 1.29 is 23.8 Å². The summed E-state index contributed by atoms with van der Waals surface area (Å²) < 4.78 is 18.5. The maximum Gasteiger partial charge on any atom is 0.408 e. The average molecular weight is 293 g/mol. The number of carboxylic acids is 1. The van der Waals surface area contributed by atoms with Crippen LogP contribution in [0.4, 0.5) is 9.18 Å². The van der Waals surface area contributed by atoms with E-state index in [0.717, 1.165) is 6.07 Å². The summed E-state index contributed by atoms with van der Waals surface area (Å²) >= 11 is 0. The van der Waals surface area contributed by atoms with E-state index >= 15 is 0 Å². The standard InChI is InChI=1S/C15H16FNO4/c1-15(2,3)21-14(20)17-9-5-7-10-11(13(18)19)6-4-8-12(10)16/h4,6,8H,9H2,1-3H3,(H,17,20)(H,18,19). The van der Waals surface area contributed by atoms with Gasteiger partial charge in [0.25, 0.3) is 0 Å². The van der Waals surface area contributed by atoms with Crippen LogP contribution < -0.4 is 5.32 Å². The number of benzene rings is 1. The minimum atomic E-state index is -1.26. The van der Waals surface area contributed by atoms with Gasteiger partial charge in [-0.1, -0.05) is 17.9 Å². The van der Waals surface area contributed by atoms with Gasteiger partial charge in [-0.2, -0.15) is 0 Å². The zero-order valence-corrected chi connectivity index (χ0v) is 12.0. The van der Waals surface area contributed by atoms with Crippen molar-refractivity contribution >= 4 is 12.1 Å². The minimum absolute atomic E-state index is 0.0810. The molecule has 1 amide bonds. The Bertz CT molecular complexity index is 608. The number of amides is 1. The van der Waals surface area contributed by atoms with Crippen LogP contribution in [0.2, 0.25) is 0 Å². The minimum Gasteiger partial charge on any atom is -0.478 e. The Labute approximate surface area is 122 Å². The van der Waals surface area contributed by atoms with E-state index in [2.05, 4.69) is 17.2 Å². The molecule has 5 nitrogen and oxygen atoms in total. The quantitative estimate of drug-likeness (QED) is 0.821. The Morgan fingerprint density at radius 1 is 1.38 bits per heavy atom. The van der Waals surface area contributed by atoms with Crippen LogP contribution in [0.15, 0.2) is 18.2 Å². The number of hydrogen-bond donors (Lipinski definition) is 2. The average Bonchev–Trinajstić information content (AvgIpc) is 2.33. The number of carbonyl (C=O) groups is 2. The molecule has 0 spiro atoms. The van der Waals surface area contributed by atoms with E-state index in [1.165, 1.54) is 12.1 Å². The smallest absolute Gasteiger partial charge is 0.408 e. The molecule has 0 saturated heterocycles. The maximum absolute atomic E-state index is 13.5. The molecule has 21 heavy (non-hydrogen) atoms. The van der Waals surface area contributed by atoms with Gasteiger partial charge in [-0.3, -0.25) is 0 Å². The summed E-state index contributed by atoms with van der Waals surface area (Å²) in [5.41, 5.74) is -1.06. The van der Waals surface area contributed by atoms with Crippen LogP contribution in [0.3, 0.4) is 0 Å². The fourth-order valence-corrected chi connectivity index (χ4v) is 1.39. The molecule has 0 aliphatic heterocycles. The third-order valence-corrected chi connectivity index (χ3v) is 2.18. The number of alkyl carbamates (subject to hydrolysis) is 1. The lowest BCUT2D eigenvalue weighted by Gasteiger charge is -2.19. The zero-order chi connectivity index (χ0) is 16.0. The summed E-state index contributed by atoms with van der Waals surface area (Å²) in [5.74, 6) is 2.91. The normalized spacial score (nSPS) is 10.3. The topological polar surface area (TPSA) is 75.6 Å². The highest BCUT2D eigenvalue weighted by molar-refractivity contribution is 5.90. The Kier molecular flexibility index (Phi) is 5.30. The van der Waals surface area contributed by atoms with Gasteiger partial charge in [0.15, 0.2) is 0 Å². The molecule has 1 aromatic rings. The lowest BCUT2D eigenvalue weighted by molar-refractivity contribution is 0.0534. The van der Waals surface area contributed by atoms with Crippen LogP contribution >= 0.6 is 0 Å². The molecule has 0 radical (unpaired) electrons. The Morgan fingerprint density at radius 3 is 2.62 bits per heavy atom. The number of rotatable bonds is 2. The molecule has 0 fully saturated rings. The van der Waals surface area contributed by atoms with Crippen molar-refractivity contribution in [2.45, 2.75) is 26.4 Å². The third kappa shape index (κ3) is 5.53. The molecule has 0 atom stereocenters. The molecular formula is C15H16FNO4. The number of nitrogens with one attached hydrogen (secondary N) is 1. The molecule has 2 N–H and O–H groups in total. The number of carbonyl (C=O) groups excluding carboxylic acids is 1. The highest BCUT2D eigenvalue weighted by Gasteiger charge is 2.15.